The zero-order chi connectivity index (χ0) is 22.8. The lowest BCUT2D eigenvalue weighted by molar-refractivity contribution is 0.279. The Morgan fingerprint density at radius 2 is 1.76 bits per heavy atom. The van der Waals surface area contributed by atoms with Gasteiger partial charge in [0.05, 0.1) is 0 Å². The fourth-order valence-electron chi connectivity index (χ4n) is 4.07. The molecule has 0 spiro atoms. The molecular weight excluding hydrogens is 412 g/mol. The molecule has 0 saturated carbocycles. The molecule has 0 unspecified atom stereocenters. The van der Waals surface area contributed by atoms with E-state index in [-0.39, 0.29) is 0 Å². The van der Waals surface area contributed by atoms with Crippen LogP contribution >= 0.6 is 0 Å². The molecule has 0 atom stereocenters. The van der Waals surface area contributed by atoms with Crippen molar-refractivity contribution < 1.29 is 0 Å². The molecule has 5 rings (SSSR count). The van der Waals surface area contributed by atoms with Crippen LogP contribution in [0.1, 0.15) is 39.2 Å². The van der Waals surface area contributed by atoms with E-state index in [2.05, 4.69) is 46.3 Å². The van der Waals surface area contributed by atoms with Crippen molar-refractivity contribution in [3.8, 4) is 0 Å². The monoisotopic (exact) mass is 442 g/mol. The molecule has 1 aliphatic rings. The Hall–Kier alpha value is -3.68. The number of aryl methyl sites for hydroxylation is 1. The number of aromatic nitrogens is 5. The standard InChI is InChI=1S/C25H30N8/c1-4-18-5-9-26-20(15-18)29-24-30-21(28-19-6-11-32-14-10-27-22(32)16-19)17-23(31-24)33-12-7-25(2,3)8-13-33/h5-6,9-11,14-17H,4,7-8,12-13H2,1-3H3,(H2,26,28,29,30,31). The minimum atomic E-state index is 0.371. The van der Waals surface area contributed by atoms with E-state index in [1.54, 1.807) is 6.20 Å². The van der Waals surface area contributed by atoms with Crippen molar-refractivity contribution in [3.63, 3.8) is 0 Å². The van der Waals surface area contributed by atoms with Gasteiger partial charge < -0.3 is 19.9 Å². The fourth-order valence-corrected chi connectivity index (χ4v) is 4.07. The van der Waals surface area contributed by atoms with E-state index < -0.39 is 0 Å². The molecule has 0 aliphatic carbocycles. The Morgan fingerprint density at radius 3 is 2.58 bits per heavy atom. The summed E-state index contributed by atoms with van der Waals surface area (Å²) in [6.45, 7) is 8.76. The van der Waals surface area contributed by atoms with E-state index in [0.29, 0.717) is 11.4 Å². The van der Waals surface area contributed by atoms with Gasteiger partial charge in [0.2, 0.25) is 5.95 Å². The highest BCUT2D eigenvalue weighted by Crippen LogP contribution is 2.33. The average Bonchev–Trinajstić information content (AvgIpc) is 3.27. The summed E-state index contributed by atoms with van der Waals surface area (Å²) >= 11 is 0. The summed E-state index contributed by atoms with van der Waals surface area (Å²) < 4.78 is 1.98. The predicted octanol–water partition coefficient (Wildman–Crippen LogP) is 5.20. The summed E-state index contributed by atoms with van der Waals surface area (Å²) in [5, 5.41) is 6.75. The van der Waals surface area contributed by atoms with Gasteiger partial charge in [-0.25, -0.2) is 9.97 Å². The summed E-state index contributed by atoms with van der Waals surface area (Å²) in [6.07, 6.45) is 10.7. The van der Waals surface area contributed by atoms with Gasteiger partial charge in [-0.3, -0.25) is 0 Å². The topological polar surface area (TPSA) is 83.3 Å². The van der Waals surface area contributed by atoms with Crippen LogP contribution in [-0.4, -0.2) is 37.4 Å². The lowest BCUT2D eigenvalue weighted by atomic mass is 9.83. The van der Waals surface area contributed by atoms with E-state index in [0.717, 1.165) is 61.1 Å². The second kappa shape index (κ2) is 8.69. The molecule has 4 aromatic rings. The maximum absolute atomic E-state index is 4.85. The number of fused-ring (bicyclic) bond motifs is 1. The van der Waals surface area contributed by atoms with Crippen LogP contribution in [0, 0.1) is 5.41 Å². The summed E-state index contributed by atoms with van der Waals surface area (Å²) in [5.41, 5.74) is 3.39. The van der Waals surface area contributed by atoms with E-state index in [1.165, 1.54) is 5.56 Å². The number of hydrogen-bond acceptors (Lipinski definition) is 7. The van der Waals surface area contributed by atoms with Gasteiger partial charge in [-0.1, -0.05) is 20.8 Å². The Morgan fingerprint density at radius 1 is 0.909 bits per heavy atom. The molecule has 0 bridgehead atoms. The van der Waals surface area contributed by atoms with Crippen LogP contribution in [0.15, 0.2) is 55.1 Å². The van der Waals surface area contributed by atoms with Crippen LogP contribution in [0.5, 0.6) is 0 Å². The minimum Gasteiger partial charge on any atom is -0.356 e. The number of hydrogen-bond donors (Lipinski definition) is 2. The number of nitrogens with one attached hydrogen (secondary N) is 2. The number of piperidine rings is 1. The summed E-state index contributed by atoms with van der Waals surface area (Å²) in [7, 11) is 0. The minimum absolute atomic E-state index is 0.371. The number of pyridine rings is 2. The van der Waals surface area contributed by atoms with Crippen LogP contribution in [0.3, 0.4) is 0 Å². The van der Waals surface area contributed by atoms with Crippen LogP contribution in [0.4, 0.5) is 29.1 Å². The number of nitrogens with zero attached hydrogens (tertiary/aromatic N) is 6. The maximum atomic E-state index is 4.85. The number of imidazole rings is 1. The van der Waals surface area contributed by atoms with Gasteiger partial charge in [0, 0.05) is 55.7 Å². The van der Waals surface area contributed by atoms with Gasteiger partial charge in [-0.05, 0) is 48.4 Å². The molecule has 0 radical (unpaired) electrons. The highest BCUT2D eigenvalue weighted by atomic mass is 15.3. The molecule has 1 saturated heterocycles. The van der Waals surface area contributed by atoms with Crippen LogP contribution in [0.2, 0.25) is 0 Å². The van der Waals surface area contributed by atoms with E-state index in [1.807, 2.05) is 53.3 Å². The highest BCUT2D eigenvalue weighted by Gasteiger charge is 2.26. The van der Waals surface area contributed by atoms with Crippen molar-refractivity contribution in [1.82, 2.24) is 24.3 Å². The summed E-state index contributed by atoms with van der Waals surface area (Å²) in [5.74, 6) is 2.92. The molecule has 1 fully saturated rings. The first kappa shape index (κ1) is 21.2. The van der Waals surface area contributed by atoms with Crippen molar-refractivity contribution in [2.24, 2.45) is 5.41 Å². The van der Waals surface area contributed by atoms with E-state index in [4.69, 9.17) is 9.97 Å². The van der Waals surface area contributed by atoms with Crippen molar-refractivity contribution in [1.29, 1.82) is 0 Å². The SMILES string of the molecule is CCc1ccnc(Nc2nc(Nc3ccn4ccnc4c3)cc(N3CCC(C)(C)CC3)n2)c1. The van der Waals surface area contributed by atoms with Gasteiger partial charge in [-0.2, -0.15) is 9.97 Å². The first-order valence-corrected chi connectivity index (χ1v) is 11.5. The first-order chi connectivity index (χ1) is 16.0. The normalized spacial score (nSPS) is 15.5. The molecule has 5 heterocycles. The van der Waals surface area contributed by atoms with Gasteiger partial charge in [0.25, 0.3) is 0 Å². The maximum Gasteiger partial charge on any atom is 0.232 e. The third kappa shape index (κ3) is 4.89. The van der Waals surface area contributed by atoms with Crippen molar-refractivity contribution in [2.75, 3.05) is 28.6 Å². The second-order valence-corrected chi connectivity index (χ2v) is 9.35. The molecule has 8 heteroatoms. The Bertz CT molecular complexity index is 1250. The van der Waals surface area contributed by atoms with E-state index >= 15 is 0 Å². The first-order valence-electron chi connectivity index (χ1n) is 11.5. The van der Waals surface area contributed by atoms with Crippen LogP contribution in [-0.2, 0) is 6.42 Å². The molecular formula is C25H30N8. The summed E-state index contributed by atoms with van der Waals surface area (Å²) in [4.78, 5) is 20.8. The number of rotatable bonds is 6. The van der Waals surface area contributed by atoms with Gasteiger partial charge >= 0.3 is 0 Å². The van der Waals surface area contributed by atoms with Crippen molar-refractivity contribution in [2.45, 2.75) is 40.0 Å². The zero-order valence-corrected chi connectivity index (χ0v) is 19.4. The molecule has 4 aromatic heterocycles. The molecule has 170 valence electrons. The Balaban J connectivity index is 1.46. The fraction of sp³-hybridized carbons (Fsp3) is 0.360. The predicted molar refractivity (Wildman–Crippen MR) is 133 cm³/mol. The number of anilines is 5. The molecule has 8 nitrogen and oxygen atoms in total. The molecule has 2 N–H and O–H groups in total. The third-order valence-corrected chi connectivity index (χ3v) is 6.30. The quantitative estimate of drug-likeness (QED) is 0.425. The molecule has 0 aromatic carbocycles. The molecule has 33 heavy (non-hydrogen) atoms. The molecule has 0 amide bonds. The summed E-state index contributed by atoms with van der Waals surface area (Å²) in [6, 6.07) is 10.1. The van der Waals surface area contributed by atoms with Crippen molar-refractivity contribution in [3.05, 3.63) is 60.7 Å². The Kier molecular flexibility index (Phi) is 5.58. The second-order valence-electron chi connectivity index (χ2n) is 9.35. The zero-order valence-electron chi connectivity index (χ0n) is 19.4. The van der Waals surface area contributed by atoms with Crippen LogP contribution < -0.4 is 15.5 Å². The van der Waals surface area contributed by atoms with Gasteiger partial charge in [-0.15, -0.1) is 0 Å². The third-order valence-electron chi connectivity index (χ3n) is 6.30. The highest BCUT2D eigenvalue weighted by molar-refractivity contribution is 5.65. The smallest absolute Gasteiger partial charge is 0.232 e. The van der Waals surface area contributed by atoms with Gasteiger partial charge in [0.15, 0.2) is 0 Å². The van der Waals surface area contributed by atoms with Crippen LogP contribution in [0.25, 0.3) is 5.65 Å². The largest absolute Gasteiger partial charge is 0.356 e. The van der Waals surface area contributed by atoms with E-state index in [9.17, 15) is 0 Å². The Labute approximate surface area is 194 Å². The lowest BCUT2D eigenvalue weighted by Crippen LogP contribution is -2.37. The average molecular weight is 443 g/mol. The molecule has 1 aliphatic heterocycles. The van der Waals surface area contributed by atoms with Gasteiger partial charge in [0.1, 0.15) is 23.1 Å². The lowest BCUT2D eigenvalue weighted by Gasteiger charge is -2.37. The van der Waals surface area contributed by atoms with Crippen molar-refractivity contribution >= 4 is 34.7 Å².